The number of carbonyl (C=O) groups is 1. The highest BCUT2D eigenvalue weighted by Crippen LogP contribution is 2.12. The predicted octanol–water partition coefficient (Wildman–Crippen LogP) is 1.09. The molecule has 0 aromatic carbocycles. The van der Waals surface area contributed by atoms with Crippen LogP contribution in [0.1, 0.15) is 23.1 Å². The van der Waals surface area contributed by atoms with Crippen molar-refractivity contribution in [1.29, 1.82) is 0 Å². The number of nitrogens with zero attached hydrogens (tertiary/aromatic N) is 2. The average Bonchev–Trinajstić information content (AvgIpc) is 2.61. The number of fused-ring (bicyclic) bond motifs is 1. The van der Waals surface area contributed by atoms with E-state index in [1.165, 1.54) is 0 Å². The number of ether oxygens (including phenoxy) is 1. The van der Waals surface area contributed by atoms with Crippen molar-refractivity contribution in [2.45, 2.75) is 13.3 Å². The molecule has 0 N–H and O–H groups in total. The molecule has 0 unspecified atom stereocenters. The Labute approximate surface area is 75.8 Å². The Balaban J connectivity index is 2.23. The first-order valence-electron chi connectivity index (χ1n) is 4.23. The largest absolute Gasteiger partial charge is 0.461 e. The molecule has 4 nitrogen and oxygen atoms in total. The van der Waals surface area contributed by atoms with Gasteiger partial charge >= 0.3 is 5.97 Å². The lowest BCUT2D eigenvalue weighted by atomic mass is 10.3. The lowest BCUT2D eigenvalue weighted by Gasteiger charge is -1.95. The summed E-state index contributed by atoms with van der Waals surface area (Å²) in [6.07, 6.45) is 4.68. The van der Waals surface area contributed by atoms with E-state index in [4.69, 9.17) is 4.74 Å². The van der Waals surface area contributed by atoms with Gasteiger partial charge in [-0.05, 0) is 13.0 Å². The highest BCUT2D eigenvalue weighted by molar-refractivity contribution is 5.87. The van der Waals surface area contributed by atoms with Crippen LogP contribution in [0.25, 0.3) is 6.20 Å². The molecule has 0 bridgehead atoms. The van der Waals surface area contributed by atoms with Crippen molar-refractivity contribution in [2.75, 3.05) is 6.61 Å². The van der Waals surface area contributed by atoms with Crippen LogP contribution < -0.4 is 0 Å². The Morgan fingerprint density at radius 1 is 1.77 bits per heavy atom. The molecule has 1 aromatic heterocycles. The van der Waals surface area contributed by atoms with E-state index in [1.54, 1.807) is 17.7 Å². The zero-order valence-electron chi connectivity index (χ0n) is 7.36. The fraction of sp³-hybridized carbons (Fsp3) is 0.333. The van der Waals surface area contributed by atoms with Gasteiger partial charge in [0.2, 0.25) is 0 Å². The van der Waals surface area contributed by atoms with Crippen LogP contribution in [-0.4, -0.2) is 22.4 Å². The zero-order chi connectivity index (χ0) is 9.26. The van der Waals surface area contributed by atoms with Crippen LogP contribution >= 0.6 is 0 Å². The SMILES string of the molecule is CCOC(=O)c1cc2n(n1)C=CC2. The molecular weight excluding hydrogens is 168 g/mol. The van der Waals surface area contributed by atoms with E-state index in [0.717, 1.165) is 12.1 Å². The lowest BCUT2D eigenvalue weighted by Crippen LogP contribution is -2.05. The molecule has 0 fully saturated rings. The van der Waals surface area contributed by atoms with Gasteiger partial charge in [-0.25, -0.2) is 9.48 Å². The zero-order valence-corrected chi connectivity index (χ0v) is 7.36. The molecule has 0 saturated heterocycles. The first-order chi connectivity index (χ1) is 6.31. The van der Waals surface area contributed by atoms with Gasteiger partial charge in [0.15, 0.2) is 5.69 Å². The minimum atomic E-state index is -0.349. The minimum Gasteiger partial charge on any atom is -0.461 e. The van der Waals surface area contributed by atoms with Gasteiger partial charge in [-0.3, -0.25) is 0 Å². The number of allylic oxidation sites excluding steroid dienone is 1. The van der Waals surface area contributed by atoms with Crippen LogP contribution in [0.2, 0.25) is 0 Å². The highest BCUT2D eigenvalue weighted by atomic mass is 16.5. The van der Waals surface area contributed by atoms with Crippen molar-refractivity contribution in [2.24, 2.45) is 0 Å². The molecular formula is C9H10N2O2. The quantitative estimate of drug-likeness (QED) is 0.636. The maximum atomic E-state index is 11.2. The van der Waals surface area contributed by atoms with Gasteiger partial charge in [0.05, 0.1) is 6.61 Å². The third kappa shape index (κ3) is 1.35. The number of hydrogen-bond acceptors (Lipinski definition) is 3. The van der Waals surface area contributed by atoms with Gasteiger partial charge in [-0.1, -0.05) is 6.08 Å². The number of hydrogen-bond donors (Lipinski definition) is 0. The summed E-state index contributed by atoms with van der Waals surface area (Å²) in [6.45, 7) is 2.17. The van der Waals surface area contributed by atoms with E-state index in [9.17, 15) is 4.79 Å². The van der Waals surface area contributed by atoms with Crippen molar-refractivity contribution >= 4 is 12.2 Å². The van der Waals surface area contributed by atoms with E-state index in [0.29, 0.717) is 12.3 Å². The molecule has 0 amide bonds. The summed E-state index contributed by atoms with van der Waals surface area (Å²) >= 11 is 0. The molecule has 4 heteroatoms. The molecule has 1 aliphatic heterocycles. The van der Waals surface area contributed by atoms with Crippen LogP contribution in [-0.2, 0) is 11.2 Å². The van der Waals surface area contributed by atoms with Gasteiger partial charge in [0, 0.05) is 18.3 Å². The highest BCUT2D eigenvalue weighted by Gasteiger charge is 2.15. The Morgan fingerprint density at radius 3 is 3.31 bits per heavy atom. The molecule has 1 aromatic rings. The Bertz CT molecular complexity index is 366. The van der Waals surface area contributed by atoms with Crippen LogP contribution in [0.15, 0.2) is 12.1 Å². The monoisotopic (exact) mass is 178 g/mol. The predicted molar refractivity (Wildman–Crippen MR) is 47.2 cm³/mol. The molecule has 2 heterocycles. The first kappa shape index (κ1) is 8.04. The van der Waals surface area contributed by atoms with Crippen molar-refractivity contribution in [3.05, 3.63) is 23.5 Å². The van der Waals surface area contributed by atoms with Crippen LogP contribution in [0.4, 0.5) is 0 Å². The molecule has 1 aliphatic rings. The summed E-state index contributed by atoms with van der Waals surface area (Å²) in [6, 6.07) is 1.76. The second-order valence-corrected chi connectivity index (χ2v) is 2.77. The topological polar surface area (TPSA) is 44.1 Å². The summed E-state index contributed by atoms with van der Waals surface area (Å²) in [5, 5.41) is 4.06. The van der Waals surface area contributed by atoms with E-state index in [-0.39, 0.29) is 5.97 Å². The molecule has 0 spiro atoms. The van der Waals surface area contributed by atoms with Crippen molar-refractivity contribution in [3.8, 4) is 0 Å². The standard InChI is InChI=1S/C9H10N2O2/c1-2-13-9(12)8-6-7-4-3-5-11(7)10-8/h3,5-6H,2,4H2,1H3. The lowest BCUT2D eigenvalue weighted by molar-refractivity contribution is 0.0519. The molecule has 68 valence electrons. The van der Waals surface area contributed by atoms with Crippen LogP contribution in [0.3, 0.4) is 0 Å². The van der Waals surface area contributed by atoms with Gasteiger partial charge in [0.25, 0.3) is 0 Å². The van der Waals surface area contributed by atoms with E-state index in [1.807, 2.05) is 12.3 Å². The molecule has 13 heavy (non-hydrogen) atoms. The summed E-state index contributed by atoms with van der Waals surface area (Å²) in [4.78, 5) is 11.2. The molecule has 0 aliphatic carbocycles. The van der Waals surface area contributed by atoms with E-state index >= 15 is 0 Å². The Hall–Kier alpha value is -1.58. The average molecular weight is 178 g/mol. The Kier molecular flexibility index (Phi) is 1.88. The second kappa shape index (κ2) is 3.05. The van der Waals surface area contributed by atoms with E-state index in [2.05, 4.69) is 5.10 Å². The first-order valence-corrected chi connectivity index (χ1v) is 4.23. The summed E-state index contributed by atoms with van der Waals surface area (Å²) in [5.41, 5.74) is 1.42. The number of carbonyl (C=O) groups excluding carboxylic acids is 1. The van der Waals surface area contributed by atoms with Gasteiger partial charge in [0.1, 0.15) is 0 Å². The van der Waals surface area contributed by atoms with Gasteiger partial charge in [-0.15, -0.1) is 0 Å². The Morgan fingerprint density at radius 2 is 2.62 bits per heavy atom. The van der Waals surface area contributed by atoms with Crippen molar-refractivity contribution < 1.29 is 9.53 Å². The number of esters is 1. The summed E-state index contributed by atoms with van der Waals surface area (Å²) in [7, 11) is 0. The molecule has 0 radical (unpaired) electrons. The molecule has 0 atom stereocenters. The van der Waals surface area contributed by atoms with Crippen LogP contribution in [0, 0.1) is 0 Å². The fourth-order valence-corrected chi connectivity index (χ4v) is 1.29. The summed E-state index contributed by atoms with van der Waals surface area (Å²) < 4.78 is 6.53. The third-order valence-corrected chi connectivity index (χ3v) is 1.87. The maximum absolute atomic E-state index is 11.2. The van der Waals surface area contributed by atoms with E-state index < -0.39 is 0 Å². The maximum Gasteiger partial charge on any atom is 0.358 e. The number of aromatic nitrogens is 2. The van der Waals surface area contributed by atoms with Crippen molar-refractivity contribution in [3.63, 3.8) is 0 Å². The normalized spacial score (nSPS) is 13.0. The molecule has 0 saturated carbocycles. The second-order valence-electron chi connectivity index (χ2n) is 2.77. The smallest absolute Gasteiger partial charge is 0.358 e. The molecule has 2 rings (SSSR count). The summed E-state index contributed by atoms with van der Waals surface area (Å²) in [5.74, 6) is -0.349. The third-order valence-electron chi connectivity index (χ3n) is 1.87. The number of rotatable bonds is 2. The van der Waals surface area contributed by atoms with Crippen molar-refractivity contribution in [1.82, 2.24) is 9.78 Å². The van der Waals surface area contributed by atoms with Crippen LogP contribution in [0.5, 0.6) is 0 Å². The minimum absolute atomic E-state index is 0.349. The fourth-order valence-electron chi connectivity index (χ4n) is 1.29. The van der Waals surface area contributed by atoms with Gasteiger partial charge in [-0.2, -0.15) is 5.10 Å². The van der Waals surface area contributed by atoms with Gasteiger partial charge < -0.3 is 4.74 Å².